The van der Waals surface area contributed by atoms with Gasteiger partial charge in [-0.3, -0.25) is 9.78 Å². The molecule has 0 saturated carbocycles. The summed E-state index contributed by atoms with van der Waals surface area (Å²) in [7, 11) is 0. The second-order valence-corrected chi connectivity index (χ2v) is 7.19. The molecule has 0 aliphatic rings. The number of rotatable bonds is 8. The van der Waals surface area contributed by atoms with E-state index in [9.17, 15) is 4.79 Å². The minimum Gasteiger partial charge on any atom is -0.347 e. The van der Waals surface area contributed by atoms with E-state index < -0.39 is 0 Å². The normalized spacial score (nSPS) is 10.9. The Kier molecular flexibility index (Phi) is 6.01. The lowest BCUT2D eigenvalue weighted by Gasteiger charge is -2.23. The third-order valence-corrected chi connectivity index (χ3v) is 5.18. The van der Waals surface area contributed by atoms with E-state index in [-0.39, 0.29) is 5.91 Å². The van der Waals surface area contributed by atoms with Crippen LogP contribution < -0.4 is 0 Å². The minimum absolute atomic E-state index is 0.169. The summed E-state index contributed by atoms with van der Waals surface area (Å²) in [6.45, 7) is 1.97. The maximum Gasteiger partial charge on any atom is 0.224 e. The highest BCUT2D eigenvalue weighted by Crippen LogP contribution is 2.16. The highest BCUT2D eigenvalue weighted by atomic mass is 16.2. The van der Waals surface area contributed by atoms with Crippen molar-refractivity contribution in [2.24, 2.45) is 0 Å². The lowest BCUT2D eigenvalue weighted by molar-refractivity contribution is -0.132. The van der Waals surface area contributed by atoms with Crippen molar-refractivity contribution in [3.63, 3.8) is 0 Å². The van der Waals surface area contributed by atoms with Gasteiger partial charge in [-0.15, -0.1) is 0 Å². The van der Waals surface area contributed by atoms with Crippen molar-refractivity contribution < 1.29 is 4.79 Å². The molecular formula is C25H25N3O. The fourth-order valence-electron chi connectivity index (χ4n) is 3.60. The van der Waals surface area contributed by atoms with Crippen LogP contribution in [-0.2, 0) is 24.3 Å². The molecule has 0 N–H and O–H groups in total. The Morgan fingerprint density at radius 1 is 0.897 bits per heavy atom. The first kappa shape index (κ1) is 18.9. The van der Waals surface area contributed by atoms with E-state index in [4.69, 9.17) is 0 Å². The first-order chi connectivity index (χ1) is 14.3. The molecule has 0 fully saturated rings. The molecule has 4 nitrogen and oxygen atoms in total. The molecule has 4 rings (SSSR count). The Hall–Kier alpha value is -3.40. The molecule has 4 heteroatoms. The number of carbonyl (C=O) groups is 1. The molecule has 0 bridgehead atoms. The summed E-state index contributed by atoms with van der Waals surface area (Å²) in [6.07, 6.45) is 5.10. The van der Waals surface area contributed by atoms with Crippen molar-refractivity contribution in [2.75, 3.05) is 6.54 Å². The summed E-state index contributed by atoms with van der Waals surface area (Å²) < 4.78 is 2.16. The maximum absolute atomic E-state index is 13.1. The molecule has 2 aromatic heterocycles. The summed E-state index contributed by atoms with van der Waals surface area (Å²) in [4.78, 5) is 19.4. The molecule has 0 spiro atoms. The fourth-order valence-corrected chi connectivity index (χ4v) is 3.60. The number of hydrogen-bond donors (Lipinski definition) is 0. The number of aromatic nitrogens is 2. The molecule has 2 aromatic carbocycles. The Labute approximate surface area is 171 Å². The third-order valence-electron chi connectivity index (χ3n) is 5.18. The lowest BCUT2D eigenvalue weighted by Crippen LogP contribution is -2.33. The van der Waals surface area contributed by atoms with E-state index in [1.165, 1.54) is 10.9 Å². The summed E-state index contributed by atoms with van der Waals surface area (Å²) in [5, 5.41) is 1.20. The van der Waals surface area contributed by atoms with Gasteiger partial charge in [0.25, 0.3) is 0 Å². The highest BCUT2D eigenvalue weighted by molar-refractivity contribution is 5.80. The van der Waals surface area contributed by atoms with Gasteiger partial charge in [-0.25, -0.2) is 0 Å². The van der Waals surface area contributed by atoms with Crippen LogP contribution in [0.3, 0.4) is 0 Å². The Bertz CT molecular complexity index is 1060. The first-order valence-electron chi connectivity index (χ1n) is 10.0. The molecule has 0 aliphatic heterocycles. The Morgan fingerprint density at radius 3 is 2.52 bits per heavy atom. The number of nitrogens with zero attached hydrogens (tertiary/aromatic N) is 3. The molecule has 0 radical (unpaired) electrons. The van der Waals surface area contributed by atoms with Gasteiger partial charge in [0.15, 0.2) is 0 Å². The summed E-state index contributed by atoms with van der Waals surface area (Å²) >= 11 is 0. The quantitative estimate of drug-likeness (QED) is 0.442. The lowest BCUT2D eigenvalue weighted by atomic mass is 10.2. The van der Waals surface area contributed by atoms with E-state index in [0.717, 1.165) is 17.7 Å². The third kappa shape index (κ3) is 4.91. The van der Waals surface area contributed by atoms with Gasteiger partial charge in [-0.05, 0) is 35.2 Å². The summed E-state index contributed by atoms with van der Waals surface area (Å²) in [6, 6.07) is 26.5. The summed E-state index contributed by atoms with van der Waals surface area (Å²) in [5.41, 5.74) is 3.33. The van der Waals surface area contributed by atoms with Crippen LogP contribution in [0.25, 0.3) is 10.9 Å². The molecule has 0 aliphatic carbocycles. The van der Waals surface area contributed by atoms with Crippen LogP contribution in [0.5, 0.6) is 0 Å². The molecule has 29 heavy (non-hydrogen) atoms. The molecule has 0 unspecified atom stereocenters. The molecule has 1 amide bonds. The Balaban J connectivity index is 1.44. The van der Waals surface area contributed by atoms with E-state index in [2.05, 4.69) is 46.1 Å². The summed E-state index contributed by atoms with van der Waals surface area (Å²) in [5.74, 6) is 0.169. The van der Waals surface area contributed by atoms with Crippen LogP contribution in [0.15, 0.2) is 91.3 Å². The zero-order chi connectivity index (χ0) is 19.9. The van der Waals surface area contributed by atoms with Gasteiger partial charge in [-0.2, -0.15) is 0 Å². The standard InChI is InChI=1S/C25H25N3O/c29-25(15-19-27-17-13-22-10-4-5-12-24(22)27)28(20-21-8-2-1-3-9-21)18-14-23-11-6-7-16-26-23/h1-13,16-17H,14-15,18-20H2. The molecular weight excluding hydrogens is 358 g/mol. The average Bonchev–Trinajstić information content (AvgIpc) is 3.19. The van der Waals surface area contributed by atoms with Crippen LogP contribution in [0, 0.1) is 0 Å². The van der Waals surface area contributed by atoms with Gasteiger partial charge in [0, 0.05) is 56.1 Å². The molecule has 4 aromatic rings. The van der Waals surface area contributed by atoms with E-state index in [0.29, 0.717) is 26.1 Å². The second-order valence-electron chi connectivity index (χ2n) is 7.19. The zero-order valence-electron chi connectivity index (χ0n) is 16.4. The van der Waals surface area contributed by atoms with Gasteiger partial charge in [0.2, 0.25) is 5.91 Å². The van der Waals surface area contributed by atoms with Gasteiger partial charge in [0.05, 0.1) is 0 Å². The number of para-hydroxylation sites is 1. The first-order valence-corrected chi connectivity index (χ1v) is 10.0. The largest absolute Gasteiger partial charge is 0.347 e. The van der Waals surface area contributed by atoms with Crippen LogP contribution >= 0.6 is 0 Å². The zero-order valence-corrected chi connectivity index (χ0v) is 16.4. The topological polar surface area (TPSA) is 38.1 Å². The number of pyridine rings is 1. The minimum atomic E-state index is 0.169. The van der Waals surface area contributed by atoms with Crippen molar-refractivity contribution in [2.45, 2.75) is 25.9 Å². The predicted molar refractivity (Wildman–Crippen MR) is 116 cm³/mol. The molecule has 0 saturated heterocycles. The van der Waals surface area contributed by atoms with E-state index >= 15 is 0 Å². The highest BCUT2D eigenvalue weighted by Gasteiger charge is 2.15. The fraction of sp³-hybridized carbons (Fsp3) is 0.200. The van der Waals surface area contributed by atoms with Crippen LogP contribution in [-0.4, -0.2) is 26.9 Å². The SMILES string of the molecule is O=C(CCn1ccc2ccccc21)N(CCc1ccccn1)Cc1ccccc1. The smallest absolute Gasteiger partial charge is 0.224 e. The number of fused-ring (bicyclic) bond motifs is 1. The Morgan fingerprint density at radius 2 is 1.69 bits per heavy atom. The van der Waals surface area contributed by atoms with Crippen LogP contribution in [0.2, 0.25) is 0 Å². The van der Waals surface area contributed by atoms with Crippen molar-refractivity contribution >= 4 is 16.8 Å². The molecule has 0 atom stereocenters. The van der Waals surface area contributed by atoms with Gasteiger partial charge >= 0.3 is 0 Å². The monoisotopic (exact) mass is 383 g/mol. The molecule has 2 heterocycles. The number of aryl methyl sites for hydroxylation is 1. The average molecular weight is 383 g/mol. The van der Waals surface area contributed by atoms with E-state index in [1.807, 2.05) is 53.4 Å². The maximum atomic E-state index is 13.1. The molecule has 146 valence electrons. The van der Waals surface area contributed by atoms with E-state index in [1.54, 1.807) is 6.20 Å². The van der Waals surface area contributed by atoms with Crippen molar-refractivity contribution in [1.29, 1.82) is 0 Å². The van der Waals surface area contributed by atoms with Gasteiger partial charge in [0.1, 0.15) is 0 Å². The van der Waals surface area contributed by atoms with Gasteiger partial charge in [-0.1, -0.05) is 54.6 Å². The number of carbonyl (C=O) groups excluding carboxylic acids is 1. The number of hydrogen-bond acceptors (Lipinski definition) is 2. The van der Waals surface area contributed by atoms with Crippen molar-refractivity contribution in [3.05, 3.63) is 103 Å². The van der Waals surface area contributed by atoms with Crippen molar-refractivity contribution in [3.8, 4) is 0 Å². The van der Waals surface area contributed by atoms with Crippen LogP contribution in [0.4, 0.5) is 0 Å². The number of benzene rings is 2. The van der Waals surface area contributed by atoms with Crippen LogP contribution in [0.1, 0.15) is 17.7 Å². The second kappa shape index (κ2) is 9.20. The van der Waals surface area contributed by atoms with Gasteiger partial charge < -0.3 is 9.47 Å². The predicted octanol–water partition coefficient (Wildman–Crippen LogP) is 4.70. The van der Waals surface area contributed by atoms with Crippen molar-refractivity contribution in [1.82, 2.24) is 14.5 Å². The number of amides is 1.